The highest BCUT2D eigenvalue weighted by Crippen LogP contribution is 2.31. The van der Waals surface area contributed by atoms with E-state index in [1.165, 1.54) is 24.5 Å². The van der Waals surface area contributed by atoms with Crippen LogP contribution in [0.3, 0.4) is 0 Å². The average Bonchev–Trinajstić information content (AvgIpc) is 2.69. The van der Waals surface area contributed by atoms with Crippen LogP contribution in [0, 0.1) is 0 Å². The SMILES string of the molecule is COc1ccc(NC(=O)c2cnc(Nc3cccc(C(F)(F)F)c3)nc2)cc1. The number of nitrogens with one attached hydrogen (secondary N) is 2. The van der Waals surface area contributed by atoms with Crippen LogP contribution in [0.4, 0.5) is 30.5 Å². The third-order valence-electron chi connectivity index (χ3n) is 3.71. The molecule has 0 aliphatic rings. The summed E-state index contributed by atoms with van der Waals surface area (Å²) in [6, 6.07) is 11.4. The lowest BCUT2D eigenvalue weighted by Crippen LogP contribution is -2.13. The summed E-state index contributed by atoms with van der Waals surface area (Å²) in [6.07, 6.45) is -1.88. The number of amides is 1. The van der Waals surface area contributed by atoms with Crippen LogP contribution >= 0.6 is 0 Å². The first-order chi connectivity index (χ1) is 13.3. The molecule has 0 spiro atoms. The molecular weight excluding hydrogens is 373 g/mol. The number of anilines is 3. The smallest absolute Gasteiger partial charge is 0.416 e. The van der Waals surface area contributed by atoms with Gasteiger partial charge in [0.15, 0.2) is 0 Å². The van der Waals surface area contributed by atoms with Crippen LogP contribution < -0.4 is 15.4 Å². The highest BCUT2D eigenvalue weighted by atomic mass is 19.4. The Morgan fingerprint density at radius 3 is 2.29 bits per heavy atom. The topological polar surface area (TPSA) is 76.1 Å². The van der Waals surface area contributed by atoms with Gasteiger partial charge in [0.25, 0.3) is 5.91 Å². The molecule has 0 saturated carbocycles. The maximum absolute atomic E-state index is 12.8. The molecule has 0 bridgehead atoms. The summed E-state index contributed by atoms with van der Waals surface area (Å²) in [5.41, 5.74) is 0.167. The molecule has 1 amide bonds. The summed E-state index contributed by atoms with van der Waals surface area (Å²) in [6.45, 7) is 0. The fourth-order valence-corrected chi connectivity index (χ4v) is 2.29. The molecule has 0 atom stereocenters. The molecule has 0 aliphatic heterocycles. The number of alkyl halides is 3. The van der Waals surface area contributed by atoms with Crippen LogP contribution in [-0.4, -0.2) is 23.0 Å². The Hall–Kier alpha value is -3.62. The minimum absolute atomic E-state index is 0.0697. The molecule has 6 nitrogen and oxygen atoms in total. The van der Waals surface area contributed by atoms with Gasteiger partial charge in [-0.05, 0) is 42.5 Å². The number of carbonyl (C=O) groups is 1. The summed E-state index contributed by atoms with van der Waals surface area (Å²) in [5, 5.41) is 5.36. The number of ether oxygens (including phenoxy) is 1. The lowest BCUT2D eigenvalue weighted by Gasteiger charge is -2.10. The molecule has 1 aromatic heterocycles. The lowest BCUT2D eigenvalue weighted by atomic mass is 10.2. The highest BCUT2D eigenvalue weighted by Gasteiger charge is 2.30. The molecule has 0 unspecified atom stereocenters. The quantitative estimate of drug-likeness (QED) is 0.673. The molecule has 3 aromatic rings. The number of hydrogen-bond acceptors (Lipinski definition) is 5. The van der Waals surface area contributed by atoms with Crippen molar-refractivity contribution in [2.24, 2.45) is 0 Å². The van der Waals surface area contributed by atoms with Gasteiger partial charge in [-0.3, -0.25) is 4.79 Å². The number of nitrogens with zero attached hydrogens (tertiary/aromatic N) is 2. The van der Waals surface area contributed by atoms with Crippen molar-refractivity contribution in [1.29, 1.82) is 0 Å². The van der Waals surface area contributed by atoms with Crippen molar-refractivity contribution < 1.29 is 22.7 Å². The molecule has 9 heteroatoms. The zero-order valence-electron chi connectivity index (χ0n) is 14.6. The van der Waals surface area contributed by atoms with E-state index in [4.69, 9.17) is 4.74 Å². The standard InChI is InChI=1S/C19H15F3N4O2/c1-28-16-7-5-14(6-8-16)25-17(27)12-10-23-18(24-11-12)26-15-4-2-3-13(9-15)19(20,21)22/h2-11H,1H3,(H,25,27)(H,23,24,26). The largest absolute Gasteiger partial charge is 0.497 e. The number of carbonyl (C=O) groups excluding carboxylic acids is 1. The van der Waals surface area contributed by atoms with Crippen LogP contribution in [0.2, 0.25) is 0 Å². The van der Waals surface area contributed by atoms with E-state index in [0.29, 0.717) is 11.4 Å². The minimum atomic E-state index is -4.44. The Balaban J connectivity index is 1.66. The molecular formula is C19H15F3N4O2. The maximum atomic E-state index is 12.8. The first-order valence-electron chi connectivity index (χ1n) is 8.07. The fourth-order valence-electron chi connectivity index (χ4n) is 2.29. The van der Waals surface area contributed by atoms with Gasteiger partial charge in [-0.1, -0.05) is 6.07 Å². The maximum Gasteiger partial charge on any atom is 0.416 e. The van der Waals surface area contributed by atoms with E-state index in [9.17, 15) is 18.0 Å². The normalized spacial score (nSPS) is 11.0. The molecule has 0 saturated heterocycles. The Labute approximate surface area is 158 Å². The van der Waals surface area contributed by atoms with E-state index < -0.39 is 17.6 Å². The monoisotopic (exact) mass is 388 g/mol. The van der Waals surface area contributed by atoms with Crippen LogP contribution in [0.5, 0.6) is 5.75 Å². The zero-order chi connectivity index (χ0) is 20.1. The Bertz CT molecular complexity index is 958. The van der Waals surface area contributed by atoms with Gasteiger partial charge in [0.1, 0.15) is 5.75 Å². The molecule has 144 valence electrons. The highest BCUT2D eigenvalue weighted by molar-refractivity contribution is 6.03. The van der Waals surface area contributed by atoms with Gasteiger partial charge in [-0.25, -0.2) is 9.97 Å². The predicted molar refractivity (Wildman–Crippen MR) is 97.7 cm³/mol. The van der Waals surface area contributed by atoms with Crippen LogP contribution in [0.25, 0.3) is 0 Å². The third-order valence-corrected chi connectivity index (χ3v) is 3.71. The number of hydrogen-bond donors (Lipinski definition) is 2. The Morgan fingerprint density at radius 1 is 1.00 bits per heavy atom. The second-order valence-electron chi connectivity index (χ2n) is 5.68. The number of rotatable bonds is 5. The van der Waals surface area contributed by atoms with Crippen LogP contribution in [0.15, 0.2) is 60.9 Å². The first-order valence-corrected chi connectivity index (χ1v) is 8.07. The van der Waals surface area contributed by atoms with Crippen molar-refractivity contribution in [3.63, 3.8) is 0 Å². The van der Waals surface area contributed by atoms with Crippen molar-refractivity contribution in [1.82, 2.24) is 9.97 Å². The van der Waals surface area contributed by atoms with Gasteiger partial charge < -0.3 is 15.4 Å². The van der Waals surface area contributed by atoms with E-state index >= 15 is 0 Å². The molecule has 0 radical (unpaired) electrons. The van der Waals surface area contributed by atoms with E-state index in [0.717, 1.165) is 12.1 Å². The van der Waals surface area contributed by atoms with Crippen molar-refractivity contribution in [3.05, 3.63) is 72.1 Å². The van der Waals surface area contributed by atoms with E-state index in [1.807, 2.05) is 0 Å². The molecule has 1 heterocycles. The van der Waals surface area contributed by atoms with Gasteiger partial charge in [0.2, 0.25) is 5.95 Å². The van der Waals surface area contributed by atoms with Gasteiger partial charge in [0, 0.05) is 23.8 Å². The van der Waals surface area contributed by atoms with Gasteiger partial charge in [0.05, 0.1) is 18.2 Å². The molecule has 3 rings (SSSR count). The van der Waals surface area contributed by atoms with Gasteiger partial charge in [-0.2, -0.15) is 13.2 Å². The molecule has 0 fully saturated rings. The van der Waals surface area contributed by atoms with Gasteiger partial charge in [-0.15, -0.1) is 0 Å². The zero-order valence-corrected chi connectivity index (χ0v) is 14.6. The summed E-state index contributed by atoms with van der Waals surface area (Å²) < 4.78 is 43.3. The second kappa shape index (κ2) is 7.95. The van der Waals surface area contributed by atoms with Crippen molar-refractivity contribution in [2.45, 2.75) is 6.18 Å². The molecule has 2 aromatic carbocycles. The minimum Gasteiger partial charge on any atom is -0.497 e. The van der Waals surface area contributed by atoms with Crippen molar-refractivity contribution in [3.8, 4) is 5.75 Å². The third kappa shape index (κ3) is 4.76. The lowest BCUT2D eigenvalue weighted by molar-refractivity contribution is -0.137. The second-order valence-corrected chi connectivity index (χ2v) is 5.68. The summed E-state index contributed by atoms with van der Waals surface area (Å²) in [4.78, 5) is 20.2. The van der Waals surface area contributed by atoms with Crippen molar-refractivity contribution in [2.75, 3.05) is 17.7 Å². The Kier molecular flexibility index (Phi) is 5.44. The summed E-state index contributed by atoms with van der Waals surface area (Å²) >= 11 is 0. The summed E-state index contributed by atoms with van der Waals surface area (Å²) in [5.74, 6) is 0.308. The number of halogens is 3. The molecule has 28 heavy (non-hydrogen) atoms. The molecule has 2 N–H and O–H groups in total. The number of aromatic nitrogens is 2. The number of methoxy groups -OCH3 is 1. The number of benzene rings is 2. The van der Waals surface area contributed by atoms with Crippen LogP contribution in [-0.2, 0) is 6.18 Å². The van der Waals surface area contributed by atoms with E-state index in [1.54, 1.807) is 31.4 Å². The average molecular weight is 388 g/mol. The first kappa shape index (κ1) is 19.2. The van der Waals surface area contributed by atoms with E-state index in [2.05, 4.69) is 20.6 Å². The summed E-state index contributed by atoms with van der Waals surface area (Å²) in [7, 11) is 1.54. The fraction of sp³-hybridized carbons (Fsp3) is 0.105. The molecule has 0 aliphatic carbocycles. The van der Waals surface area contributed by atoms with E-state index in [-0.39, 0.29) is 17.2 Å². The van der Waals surface area contributed by atoms with Gasteiger partial charge >= 0.3 is 6.18 Å². The Morgan fingerprint density at radius 2 is 1.68 bits per heavy atom. The van der Waals surface area contributed by atoms with Crippen LogP contribution in [0.1, 0.15) is 15.9 Å². The van der Waals surface area contributed by atoms with Crippen molar-refractivity contribution >= 4 is 23.2 Å². The predicted octanol–water partition coefficient (Wildman–Crippen LogP) is 4.50.